The summed E-state index contributed by atoms with van der Waals surface area (Å²) in [6.45, 7) is 5.04. The molecule has 1 aliphatic rings. The normalized spacial score (nSPS) is 13.8. The average Bonchev–Trinajstić information content (AvgIpc) is 2.80. The molecule has 0 saturated carbocycles. The second-order valence-electron chi connectivity index (χ2n) is 7.54. The van der Waals surface area contributed by atoms with E-state index in [2.05, 4.69) is 15.2 Å². The Morgan fingerprint density at radius 2 is 1.91 bits per heavy atom. The molecular formula is C23H24F2N4O3. The van der Waals surface area contributed by atoms with Crippen molar-refractivity contribution < 1.29 is 18.3 Å². The quantitative estimate of drug-likeness (QED) is 0.631. The molecule has 1 aromatic heterocycles. The summed E-state index contributed by atoms with van der Waals surface area (Å²) in [7, 11) is 1.38. The molecule has 168 valence electrons. The van der Waals surface area contributed by atoms with Crippen LogP contribution in [0.1, 0.15) is 11.1 Å². The fourth-order valence-corrected chi connectivity index (χ4v) is 3.55. The number of morpholine rings is 1. The molecule has 2 heterocycles. The number of ether oxygens (including phenoxy) is 2. The van der Waals surface area contributed by atoms with Crippen molar-refractivity contribution in [2.45, 2.75) is 13.5 Å². The van der Waals surface area contributed by atoms with Crippen molar-refractivity contribution in [3.05, 3.63) is 75.7 Å². The highest BCUT2D eigenvalue weighted by molar-refractivity contribution is 5.66. The fraction of sp³-hybridized carbons (Fsp3) is 0.304. The summed E-state index contributed by atoms with van der Waals surface area (Å²) in [5.74, 6) is -1.54. The maximum Gasteiger partial charge on any atom is 0.316 e. The molecule has 0 unspecified atom stereocenters. The van der Waals surface area contributed by atoms with Gasteiger partial charge in [0.2, 0.25) is 11.7 Å². The number of benzene rings is 2. The lowest BCUT2D eigenvalue weighted by atomic mass is 10.1. The van der Waals surface area contributed by atoms with Crippen LogP contribution in [-0.4, -0.2) is 43.0 Å². The number of halogens is 2. The zero-order valence-corrected chi connectivity index (χ0v) is 17.9. The van der Waals surface area contributed by atoms with E-state index in [1.807, 2.05) is 25.1 Å². The molecule has 0 radical (unpaired) electrons. The SMILES string of the molecule is COc1cn(Cc2ccc(F)c(F)c2)c(Nc2cc(N3CCOCC3)ccc2C)nc1=O. The van der Waals surface area contributed by atoms with E-state index >= 15 is 0 Å². The van der Waals surface area contributed by atoms with Gasteiger partial charge in [-0.15, -0.1) is 0 Å². The van der Waals surface area contributed by atoms with E-state index in [1.54, 1.807) is 4.57 Å². The maximum absolute atomic E-state index is 13.7. The molecule has 4 rings (SSSR count). The van der Waals surface area contributed by atoms with Crippen molar-refractivity contribution in [1.82, 2.24) is 9.55 Å². The summed E-state index contributed by atoms with van der Waals surface area (Å²) in [5.41, 5.74) is 2.76. The number of methoxy groups -OCH3 is 1. The molecule has 3 aromatic rings. The largest absolute Gasteiger partial charge is 0.490 e. The zero-order chi connectivity index (χ0) is 22.7. The van der Waals surface area contributed by atoms with Crippen LogP contribution in [0, 0.1) is 18.6 Å². The highest BCUT2D eigenvalue weighted by Gasteiger charge is 2.15. The first kappa shape index (κ1) is 21.8. The van der Waals surface area contributed by atoms with Crippen molar-refractivity contribution in [2.24, 2.45) is 0 Å². The Balaban J connectivity index is 1.69. The molecule has 9 heteroatoms. The van der Waals surface area contributed by atoms with E-state index in [-0.39, 0.29) is 18.2 Å². The van der Waals surface area contributed by atoms with E-state index in [0.29, 0.717) is 18.8 Å². The monoisotopic (exact) mass is 442 g/mol. The van der Waals surface area contributed by atoms with Crippen LogP contribution in [0.2, 0.25) is 0 Å². The second-order valence-corrected chi connectivity index (χ2v) is 7.54. The summed E-state index contributed by atoms with van der Waals surface area (Å²) in [6.07, 6.45) is 1.50. The summed E-state index contributed by atoms with van der Waals surface area (Å²) in [4.78, 5) is 18.7. The van der Waals surface area contributed by atoms with Crippen molar-refractivity contribution in [1.29, 1.82) is 0 Å². The van der Waals surface area contributed by atoms with Crippen molar-refractivity contribution in [3.63, 3.8) is 0 Å². The van der Waals surface area contributed by atoms with Crippen LogP contribution in [0.3, 0.4) is 0 Å². The van der Waals surface area contributed by atoms with Gasteiger partial charge in [-0.05, 0) is 42.3 Å². The number of anilines is 3. The van der Waals surface area contributed by atoms with Gasteiger partial charge in [-0.25, -0.2) is 8.78 Å². The Hall–Kier alpha value is -3.46. The van der Waals surface area contributed by atoms with Crippen LogP contribution in [0.4, 0.5) is 26.1 Å². The Bertz CT molecular complexity index is 1180. The Labute approximate surface area is 184 Å². The van der Waals surface area contributed by atoms with Gasteiger partial charge in [-0.3, -0.25) is 4.79 Å². The molecule has 2 aromatic carbocycles. The second kappa shape index (κ2) is 9.35. The molecule has 0 bridgehead atoms. The Morgan fingerprint density at radius 1 is 1.12 bits per heavy atom. The summed E-state index contributed by atoms with van der Waals surface area (Å²) < 4.78 is 39.2. The van der Waals surface area contributed by atoms with E-state index < -0.39 is 17.2 Å². The first-order valence-electron chi connectivity index (χ1n) is 10.2. The standard InChI is InChI=1S/C23H24F2N4O3/c1-15-3-5-17(28-7-9-32-10-8-28)12-20(15)26-23-27-22(30)21(31-2)14-29(23)13-16-4-6-18(24)19(25)11-16/h3-6,11-12,14H,7-10,13H2,1-2H3,(H,26,27,30). The third kappa shape index (κ3) is 4.72. The molecule has 0 amide bonds. The zero-order valence-electron chi connectivity index (χ0n) is 17.9. The Morgan fingerprint density at radius 3 is 2.62 bits per heavy atom. The van der Waals surface area contributed by atoms with Gasteiger partial charge < -0.3 is 24.3 Å². The highest BCUT2D eigenvalue weighted by atomic mass is 19.2. The summed E-state index contributed by atoms with van der Waals surface area (Å²) in [5, 5.41) is 3.23. The van der Waals surface area contributed by atoms with Gasteiger partial charge in [-0.2, -0.15) is 4.98 Å². The molecule has 1 aliphatic heterocycles. The predicted molar refractivity (Wildman–Crippen MR) is 118 cm³/mol. The minimum atomic E-state index is -0.938. The molecule has 1 fully saturated rings. The van der Waals surface area contributed by atoms with Crippen molar-refractivity contribution in [3.8, 4) is 5.75 Å². The number of hydrogen-bond donors (Lipinski definition) is 1. The molecule has 1 saturated heterocycles. The van der Waals surface area contributed by atoms with Crippen molar-refractivity contribution >= 4 is 17.3 Å². The predicted octanol–water partition coefficient (Wildman–Crippen LogP) is 3.47. The number of nitrogens with zero attached hydrogens (tertiary/aromatic N) is 3. The van der Waals surface area contributed by atoms with E-state index in [4.69, 9.17) is 9.47 Å². The molecule has 0 spiro atoms. The Kier molecular flexibility index (Phi) is 6.36. The maximum atomic E-state index is 13.7. The van der Waals surface area contributed by atoms with Crippen LogP contribution in [-0.2, 0) is 11.3 Å². The summed E-state index contributed by atoms with van der Waals surface area (Å²) in [6, 6.07) is 9.71. The lowest BCUT2D eigenvalue weighted by Gasteiger charge is -2.29. The van der Waals surface area contributed by atoms with Gasteiger partial charge in [0.05, 0.1) is 33.1 Å². The lowest BCUT2D eigenvalue weighted by Crippen LogP contribution is -2.36. The van der Waals surface area contributed by atoms with E-state index in [1.165, 1.54) is 19.4 Å². The van der Waals surface area contributed by atoms with Gasteiger partial charge >= 0.3 is 5.56 Å². The first-order valence-corrected chi connectivity index (χ1v) is 10.2. The molecule has 0 aliphatic carbocycles. The third-order valence-electron chi connectivity index (χ3n) is 5.36. The smallest absolute Gasteiger partial charge is 0.316 e. The van der Waals surface area contributed by atoms with Gasteiger partial charge in [0.15, 0.2) is 11.6 Å². The van der Waals surface area contributed by atoms with Gasteiger partial charge in [-0.1, -0.05) is 12.1 Å². The number of nitrogens with one attached hydrogen (secondary N) is 1. The number of hydrogen-bond acceptors (Lipinski definition) is 6. The first-order chi connectivity index (χ1) is 15.4. The molecule has 32 heavy (non-hydrogen) atoms. The highest BCUT2D eigenvalue weighted by Crippen LogP contribution is 2.27. The van der Waals surface area contributed by atoms with Crippen LogP contribution in [0.25, 0.3) is 0 Å². The molecule has 0 atom stereocenters. The minimum Gasteiger partial charge on any atom is -0.490 e. The van der Waals surface area contributed by atoms with Crippen molar-refractivity contribution in [2.75, 3.05) is 43.6 Å². The number of aromatic nitrogens is 2. The molecular weight excluding hydrogens is 418 g/mol. The lowest BCUT2D eigenvalue weighted by molar-refractivity contribution is 0.122. The van der Waals surface area contributed by atoms with Gasteiger partial charge in [0.1, 0.15) is 0 Å². The van der Waals surface area contributed by atoms with Crippen LogP contribution in [0.5, 0.6) is 5.75 Å². The van der Waals surface area contributed by atoms with Gasteiger partial charge in [0, 0.05) is 24.5 Å². The molecule has 7 nitrogen and oxygen atoms in total. The van der Waals surface area contributed by atoms with E-state index in [9.17, 15) is 13.6 Å². The van der Waals surface area contributed by atoms with Crippen LogP contribution < -0.4 is 20.5 Å². The number of rotatable bonds is 6. The van der Waals surface area contributed by atoms with Crippen LogP contribution >= 0.6 is 0 Å². The third-order valence-corrected chi connectivity index (χ3v) is 5.36. The van der Waals surface area contributed by atoms with Crippen LogP contribution in [0.15, 0.2) is 47.4 Å². The fourth-order valence-electron chi connectivity index (χ4n) is 3.55. The average molecular weight is 442 g/mol. The molecule has 1 N–H and O–H groups in total. The van der Waals surface area contributed by atoms with E-state index in [0.717, 1.165) is 42.2 Å². The minimum absolute atomic E-state index is 0.0527. The number of aryl methyl sites for hydroxylation is 1. The topological polar surface area (TPSA) is 68.6 Å². The van der Waals surface area contributed by atoms with Gasteiger partial charge in [0.25, 0.3) is 0 Å². The summed E-state index contributed by atoms with van der Waals surface area (Å²) >= 11 is 0.